The van der Waals surface area contributed by atoms with Gasteiger partial charge < -0.3 is 5.11 Å². The first kappa shape index (κ1) is 11.1. The second-order valence-electron chi connectivity index (χ2n) is 3.52. The molecule has 0 amide bonds. The number of hydrogen-bond acceptors (Lipinski definition) is 2. The summed E-state index contributed by atoms with van der Waals surface area (Å²) in [4.78, 5) is 14.9. The van der Waals surface area contributed by atoms with E-state index in [9.17, 15) is 4.79 Å². The van der Waals surface area contributed by atoms with Crippen LogP contribution in [-0.4, -0.2) is 16.1 Å². The maximum absolute atomic E-state index is 10.8. The minimum Gasteiger partial charge on any atom is -0.478 e. The van der Waals surface area contributed by atoms with Crippen molar-refractivity contribution in [1.82, 2.24) is 4.98 Å². The lowest BCUT2D eigenvalue weighted by Crippen LogP contribution is -1.95. The fourth-order valence-electron chi connectivity index (χ4n) is 1.43. The van der Waals surface area contributed by atoms with Gasteiger partial charge in [0.2, 0.25) is 0 Å². The third-order valence-electron chi connectivity index (χ3n) is 2.27. The quantitative estimate of drug-likeness (QED) is 0.873. The van der Waals surface area contributed by atoms with Crippen molar-refractivity contribution < 1.29 is 9.90 Å². The number of benzene rings is 1. The fraction of sp³-hybridized carbons (Fsp3) is 0. The molecular weight excluding hydrogens is 214 g/mol. The first-order valence-corrected chi connectivity index (χ1v) is 5.18. The summed E-state index contributed by atoms with van der Waals surface area (Å²) in [5.74, 6) is -0.918. The lowest BCUT2D eigenvalue weighted by atomic mass is 10.1. The maximum atomic E-state index is 10.8. The number of pyridine rings is 1. The van der Waals surface area contributed by atoms with E-state index in [1.165, 1.54) is 0 Å². The molecule has 2 aromatic rings. The van der Waals surface area contributed by atoms with E-state index in [2.05, 4.69) is 4.98 Å². The van der Waals surface area contributed by atoms with Gasteiger partial charge >= 0.3 is 5.97 Å². The second-order valence-corrected chi connectivity index (χ2v) is 3.52. The Hall–Kier alpha value is -2.42. The standard InChI is InChI=1S/C14H11NO2/c16-14(17)12-5-3-4-11(10-12)7-8-13-6-1-2-9-15-13/h1-10H,(H,16,17)/b8-7+. The van der Waals surface area contributed by atoms with Crippen LogP contribution >= 0.6 is 0 Å². The van der Waals surface area contributed by atoms with Gasteiger partial charge in [-0.3, -0.25) is 4.98 Å². The molecule has 1 aromatic carbocycles. The van der Waals surface area contributed by atoms with Crippen LogP contribution in [0.15, 0.2) is 48.7 Å². The summed E-state index contributed by atoms with van der Waals surface area (Å²) < 4.78 is 0. The highest BCUT2D eigenvalue weighted by Gasteiger charge is 2.00. The Morgan fingerprint density at radius 1 is 1.12 bits per heavy atom. The van der Waals surface area contributed by atoms with Crippen molar-refractivity contribution in [3.05, 3.63) is 65.5 Å². The zero-order chi connectivity index (χ0) is 12.1. The van der Waals surface area contributed by atoms with Crippen LogP contribution in [-0.2, 0) is 0 Å². The summed E-state index contributed by atoms with van der Waals surface area (Å²) in [5.41, 5.74) is 1.97. The second kappa shape index (κ2) is 5.07. The van der Waals surface area contributed by atoms with Crippen LogP contribution in [0.3, 0.4) is 0 Å². The predicted molar refractivity (Wildman–Crippen MR) is 66.6 cm³/mol. The highest BCUT2D eigenvalue weighted by atomic mass is 16.4. The lowest BCUT2D eigenvalue weighted by Gasteiger charge is -1.96. The van der Waals surface area contributed by atoms with E-state index in [0.29, 0.717) is 0 Å². The molecule has 84 valence electrons. The SMILES string of the molecule is O=C(O)c1cccc(/C=C/c2ccccn2)c1. The molecule has 0 aliphatic rings. The van der Waals surface area contributed by atoms with Crippen molar-refractivity contribution in [2.75, 3.05) is 0 Å². The number of nitrogens with zero attached hydrogens (tertiary/aromatic N) is 1. The predicted octanol–water partition coefficient (Wildman–Crippen LogP) is 2.95. The zero-order valence-electron chi connectivity index (χ0n) is 9.08. The largest absolute Gasteiger partial charge is 0.478 e. The summed E-state index contributed by atoms with van der Waals surface area (Å²) in [6, 6.07) is 12.4. The van der Waals surface area contributed by atoms with Crippen molar-refractivity contribution in [1.29, 1.82) is 0 Å². The van der Waals surface area contributed by atoms with E-state index < -0.39 is 5.97 Å². The van der Waals surface area contributed by atoms with Gasteiger partial charge in [-0.25, -0.2) is 4.79 Å². The Labute approximate surface area is 99.1 Å². The number of rotatable bonds is 3. The smallest absolute Gasteiger partial charge is 0.335 e. The van der Waals surface area contributed by atoms with Crippen LogP contribution < -0.4 is 0 Å². The van der Waals surface area contributed by atoms with Gasteiger partial charge in [-0.15, -0.1) is 0 Å². The van der Waals surface area contributed by atoms with Crippen molar-refractivity contribution in [2.24, 2.45) is 0 Å². The monoisotopic (exact) mass is 225 g/mol. The van der Waals surface area contributed by atoms with Gasteiger partial charge in [0.25, 0.3) is 0 Å². The normalized spacial score (nSPS) is 10.6. The summed E-state index contributed by atoms with van der Waals surface area (Å²) in [7, 11) is 0. The van der Waals surface area contributed by atoms with E-state index in [0.717, 1.165) is 11.3 Å². The van der Waals surface area contributed by atoms with Gasteiger partial charge in [-0.1, -0.05) is 24.3 Å². The minimum atomic E-state index is -0.918. The molecule has 0 saturated carbocycles. The van der Waals surface area contributed by atoms with Gasteiger partial charge in [0.15, 0.2) is 0 Å². The highest BCUT2D eigenvalue weighted by molar-refractivity contribution is 5.88. The van der Waals surface area contributed by atoms with E-state index in [-0.39, 0.29) is 5.56 Å². The van der Waals surface area contributed by atoms with Crippen molar-refractivity contribution in [3.8, 4) is 0 Å². The van der Waals surface area contributed by atoms with E-state index >= 15 is 0 Å². The van der Waals surface area contributed by atoms with Gasteiger partial charge in [0.1, 0.15) is 0 Å². The molecule has 0 saturated heterocycles. The van der Waals surface area contributed by atoms with Crippen LogP contribution in [0.25, 0.3) is 12.2 Å². The van der Waals surface area contributed by atoms with Crippen molar-refractivity contribution in [3.63, 3.8) is 0 Å². The Bertz CT molecular complexity index is 547. The molecule has 1 aromatic heterocycles. The van der Waals surface area contributed by atoms with Gasteiger partial charge in [-0.2, -0.15) is 0 Å². The first-order valence-electron chi connectivity index (χ1n) is 5.18. The molecule has 2 rings (SSSR count). The molecule has 1 N–H and O–H groups in total. The average molecular weight is 225 g/mol. The summed E-state index contributed by atoms with van der Waals surface area (Å²) in [6.07, 6.45) is 5.41. The maximum Gasteiger partial charge on any atom is 0.335 e. The molecule has 0 spiro atoms. The number of carbonyl (C=O) groups is 1. The minimum absolute atomic E-state index is 0.285. The van der Waals surface area contributed by atoms with Crippen LogP contribution in [0.1, 0.15) is 21.6 Å². The fourth-order valence-corrected chi connectivity index (χ4v) is 1.43. The molecule has 0 aliphatic carbocycles. The van der Waals surface area contributed by atoms with Crippen LogP contribution in [0.2, 0.25) is 0 Å². The van der Waals surface area contributed by atoms with E-state index in [4.69, 9.17) is 5.11 Å². The Morgan fingerprint density at radius 3 is 2.71 bits per heavy atom. The molecule has 0 aliphatic heterocycles. The van der Waals surface area contributed by atoms with E-state index in [1.807, 2.05) is 36.4 Å². The highest BCUT2D eigenvalue weighted by Crippen LogP contribution is 2.09. The third kappa shape index (κ3) is 3.01. The van der Waals surface area contributed by atoms with E-state index in [1.54, 1.807) is 24.4 Å². The topological polar surface area (TPSA) is 50.2 Å². The first-order chi connectivity index (χ1) is 8.25. The Morgan fingerprint density at radius 2 is 2.00 bits per heavy atom. The van der Waals surface area contributed by atoms with Gasteiger partial charge in [0.05, 0.1) is 11.3 Å². The number of hydrogen-bond donors (Lipinski definition) is 1. The van der Waals surface area contributed by atoms with Gasteiger partial charge in [0, 0.05) is 6.20 Å². The Balaban J connectivity index is 2.22. The number of aromatic carboxylic acids is 1. The van der Waals surface area contributed by atoms with Gasteiger partial charge in [-0.05, 0) is 35.9 Å². The zero-order valence-corrected chi connectivity index (χ0v) is 9.08. The van der Waals surface area contributed by atoms with Crippen molar-refractivity contribution in [2.45, 2.75) is 0 Å². The molecule has 0 fully saturated rings. The molecule has 0 unspecified atom stereocenters. The molecule has 0 atom stereocenters. The van der Waals surface area contributed by atoms with Crippen LogP contribution in [0.5, 0.6) is 0 Å². The summed E-state index contributed by atoms with van der Waals surface area (Å²) in [5, 5.41) is 8.86. The van der Waals surface area contributed by atoms with Crippen molar-refractivity contribution >= 4 is 18.1 Å². The molecule has 0 radical (unpaired) electrons. The molecule has 17 heavy (non-hydrogen) atoms. The summed E-state index contributed by atoms with van der Waals surface area (Å²) >= 11 is 0. The molecule has 0 bridgehead atoms. The van der Waals surface area contributed by atoms with Crippen LogP contribution in [0.4, 0.5) is 0 Å². The molecule has 3 nitrogen and oxygen atoms in total. The molecule has 1 heterocycles. The Kier molecular flexibility index (Phi) is 3.31. The number of carboxylic acid groups (broad SMARTS) is 1. The third-order valence-corrected chi connectivity index (χ3v) is 2.27. The number of aromatic nitrogens is 1. The molecule has 3 heteroatoms. The van der Waals surface area contributed by atoms with Crippen LogP contribution in [0, 0.1) is 0 Å². The average Bonchev–Trinajstić information content (AvgIpc) is 2.38. The number of carboxylic acids is 1. The lowest BCUT2D eigenvalue weighted by molar-refractivity contribution is 0.0697. The molecular formula is C14H11NO2. The summed E-state index contributed by atoms with van der Waals surface area (Å²) in [6.45, 7) is 0.